The van der Waals surface area contributed by atoms with Crippen LogP contribution < -0.4 is 14.8 Å². The van der Waals surface area contributed by atoms with Crippen molar-refractivity contribution in [1.82, 2.24) is 9.62 Å². The molecular formula is C22H29N3O6S. The lowest BCUT2D eigenvalue weighted by Crippen LogP contribution is -2.30. The van der Waals surface area contributed by atoms with Gasteiger partial charge in [-0.1, -0.05) is 6.07 Å². The second-order valence-electron chi connectivity index (χ2n) is 6.77. The van der Waals surface area contributed by atoms with E-state index in [1.165, 1.54) is 32.4 Å². The van der Waals surface area contributed by atoms with Gasteiger partial charge in [0, 0.05) is 43.6 Å². The number of nitrogens with zero attached hydrogens (tertiary/aromatic N) is 1. The molecule has 2 rings (SSSR count). The molecular weight excluding hydrogens is 434 g/mol. The predicted molar refractivity (Wildman–Crippen MR) is 122 cm³/mol. The van der Waals surface area contributed by atoms with Crippen molar-refractivity contribution in [3.63, 3.8) is 0 Å². The molecule has 0 aromatic heterocycles. The first-order chi connectivity index (χ1) is 15.3. The maximum absolute atomic E-state index is 12.8. The molecule has 0 unspecified atom stereocenters. The molecule has 0 bridgehead atoms. The molecule has 174 valence electrons. The number of hydrogen-bond donors (Lipinski definition) is 2. The smallest absolute Gasteiger partial charge is 0.255 e. The van der Waals surface area contributed by atoms with Crippen LogP contribution in [0.1, 0.15) is 34.6 Å². The van der Waals surface area contributed by atoms with Crippen molar-refractivity contribution in [2.75, 3.05) is 45.8 Å². The highest BCUT2D eigenvalue weighted by Crippen LogP contribution is 2.25. The Labute approximate surface area is 188 Å². The van der Waals surface area contributed by atoms with Gasteiger partial charge in [0.1, 0.15) is 10.6 Å². The Balaban J connectivity index is 2.27. The number of carbonyl (C=O) groups is 2. The van der Waals surface area contributed by atoms with Crippen LogP contribution in [0.4, 0.5) is 5.69 Å². The van der Waals surface area contributed by atoms with Crippen LogP contribution in [0.5, 0.6) is 5.75 Å². The zero-order chi connectivity index (χ0) is 23.7. The lowest BCUT2D eigenvalue weighted by Gasteiger charge is -2.19. The van der Waals surface area contributed by atoms with E-state index in [2.05, 4.69) is 10.0 Å². The highest BCUT2D eigenvalue weighted by Gasteiger charge is 2.22. The van der Waals surface area contributed by atoms with E-state index in [1.807, 2.05) is 13.8 Å². The number of sulfonamides is 1. The molecule has 0 saturated heterocycles. The number of anilines is 1. The molecule has 2 aromatic carbocycles. The largest absolute Gasteiger partial charge is 0.495 e. The molecule has 0 spiro atoms. The van der Waals surface area contributed by atoms with Crippen molar-refractivity contribution >= 4 is 27.5 Å². The van der Waals surface area contributed by atoms with E-state index in [0.29, 0.717) is 24.3 Å². The summed E-state index contributed by atoms with van der Waals surface area (Å²) < 4.78 is 37.7. The first kappa shape index (κ1) is 25.3. The Bertz CT molecular complexity index is 1050. The predicted octanol–water partition coefficient (Wildman–Crippen LogP) is 2.35. The zero-order valence-corrected chi connectivity index (χ0v) is 19.5. The van der Waals surface area contributed by atoms with Crippen molar-refractivity contribution < 1.29 is 27.5 Å². The third-order valence-electron chi connectivity index (χ3n) is 4.73. The van der Waals surface area contributed by atoms with Crippen molar-refractivity contribution in [3.8, 4) is 5.75 Å². The minimum atomic E-state index is -3.92. The maximum atomic E-state index is 12.8. The van der Waals surface area contributed by atoms with Gasteiger partial charge < -0.3 is 19.7 Å². The molecule has 0 fully saturated rings. The standard InChI is InChI=1S/C22H29N3O6S/c1-5-25(6-2)22(27)17-8-7-9-18(14-17)24-21(26)16-10-11-19(31-4)20(15-16)32(28,29)23-12-13-30-3/h7-11,14-15,23H,5-6,12-13H2,1-4H3,(H,24,26). The van der Waals surface area contributed by atoms with Gasteiger partial charge in [0.2, 0.25) is 10.0 Å². The van der Waals surface area contributed by atoms with Crippen molar-refractivity contribution in [1.29, 1.82) is 0 Å². The van der Waals surface area contributed by atoms with Gasteiger partial charge in [0.15, 0.2) is 0 Å². The summed E-state index contributed by atoms with van der Waals surface area (Å²) in [5, 5.41) is 2.71. The van der Waals surface area contributed by atoms with Crippen molar-refractivity contribution in [2.45, 2.75) is 18.7 Å². The molecule has 0 aliphatic carbocycles. The average molecular weight is 464 g/mol. The maximum Gasteiger partial charge on any atom is 0.255 e. The number of amides is 2. The number of ether oxygens (including phenoxy) is 2. The van der Waals surface area contributed by atoms with Crippen LogP contribution in [0.2, 0.25) is 0 Å². The average Bonchev–Trinajstić information content (AvgIpc) is 2.79. The number of hydrogen-bond acceptors (Lipinski definition) is 6. The molecule has 10 heteroatoms. The number of methoxy groups -OCH3 is 2. The van der Waals surface area contributed by atoms with Crippen LogP contribution in [-0.2, 0) is 14.8 Å². The van der Waals surface area contributed by atoms with Gasteiger partial charge in [-0.05, 0) is 50.2 Å². The van der Waals surface area contributed by atoms with E-state index < -0.39 is 15.9 Å². The number of benzene rings is 2. The van der Waals surface area contributed by atoms with Crippen molar-refractivity contribution in [2.24, 2.45) is 0 Å². The van der Waals surface area contributed by atoms with E-state index in [4.69, 9.17) is 9.47 Å². The Morgan fingerprint density at radius 3 is 2.34 bits per heavy atom. The van der Waals surface area contributed by atoms with E-state index in [-0.39, 0.29) is 35.3 Å². The van der Waals surface area contributed by atoms with Gasteiger partial charge in [-0.2, -0.15) is 0 Å². The Morgan fingerprint density at radius 2 is 1.72 bits per heavy atom. The van der Waals surface area contributed by atoms with E-state index in [9.17, 15) is 18.0 Å². The number of rotatable bonds is 11. The van der Waals surface area contributed by atoms with Crippen LogP contribution in [0.15, 0.2) is 47.4 Å². The fraction of sp³-hybridized carbons (Fsp3) is 0.364. The summed E-state index contributed by atoms with van der Waals surface area (Å²) in [6, 6.07) is 10.7. The summed E-state index contributed by atoms with van der Waals surface area (Å²) >= 11 is 0. The molecule has 2 amide bonds. The molecule has 2 aromatic rings. The Kier molecular flexibility index (Phi) is 9.18. The lowest BCUT2D eigenvalue weighted by atomic mass is 10.1. The van der Waals surface area contributed by atoms with Crippen molar-refractivity contribution in [3.05, 3.63) is 53.6 Å². The summed E-state index contributed by atoms with van der Waals surface area (Å²) in [6.45, 7) is 5.22. The van der Waals surface area contributed by atoms with Crippen LogP contribution in [0.3, 0.4) is 0 Å². The summed E-state index contributed by atoms with van der Waals surface area (Å²) in [4.78, 5) is 26.9. The third-order valence-corrected chi connectivity index (χ3v) is 6.21. The van der Waals surface area contributed by atoms with Gasteiger partial charge in [0.05, 0.1) is 13.7 Å². The first-order valence-corrected chi connectivity index (χ1v) is 11.6. The molecule has 0 saturated carbocycles. The van der Waals surface area contributed by atoms with Gasteiger partial charge in [-0.15, -0.1) is 0 Å². The topological polar surface area (TPSA) is 114 Å². The highest BCUT2D eigenvalue weighted by molar-refractivity contribution is 7.89. The minimum absolute atomic E-state index is 0.0752. The van der Waals surface area contributed by atoms with E-state index >= 15 is 0 Å². The molecule has 0 radical (unpaired) electrons. The molecule has 2 N–H and O–H groups in total. The number of nitrogens with one attached hydrogen (secondary N) is 2. The van der Waals surface area contributed by atoms with Crippen LogP contribution in [0, 0.1) is 0 Å². The SMILES string of the molecule is CCN(CC)C(=O)c1cccc(NC(=O)c2ccc(OC)c(S(=O)(=O)NCCOC)c2)c1. The molecule has 0 aliphatic heterocycles. The van der Waals surface area contributed by atoms with Crippen LogP contribution >= 0.6 is 0 Å². The Morgan fingerprint density at radius 1 is 1.00 bits per heavy atom. The summed E-state index contributed by atoms with van der Waals surface area (Å²) in [7, 11) is -1.11. The van der Waals surface area contributed by atoms with E-state index in [0.717, 1.165) is 0 Å². The monoisotopic (exact) mass is 463 g/mol. The summed E-state index contributed by atoms with van der Waals surface area (Å²) in [6.07, 6.45) is 0. The van der Waals surface area contributed by atoms with E-state index in [1.54, 1.807) is 29.2 Å². The van der Waals surface area contributed by atoms with Gasteiger partial charge >= 0.3 is 0 Å². The third kappa shape index (κ3) is 6.28. The van der Waals surface area contributed by atoms with Gasteiger partial charge in [-0.3, -0.25) is 9.59 Å². The second-order valence-corrected chi connectivity index (χ2v) is 8.50. The second kappa shape index (κ2) is 11.6. The molecule has 32 heavy (non-hydrogen) atoms. The number of carbonyl (C=O) groups excluding carboxylic acids is 2. The molecule has 0 aliphatic rings. The molecule has 0 heterocycles. The highest BCUT2D eigenvalue weighted by atomic mass is 32.2. The summed E-state index contributed by atoms with van der Waals surface area (Å²) in [5.41, 5.74) is 0.997. The van der Waals surface area contributed by atoms with Crippen LogP contribution in [-0.4, -0.2) is 65.6 Å². The zero-order valence-electron chi connectivity index (χ0n) is 18.7. The van der Waals surface area contributed by atoms with Gasteiger partial charge in [-0.25, -0.2) is 13.1 Å². The summed E-state index contributed by atoms with van der Waals surface area (Å²) in [5.74, 6) is -0.544. The quantitative estimate of drug-likeness (QED) is 0.495. The molecule has 0 atom stereocenters. The molecule has 9 nitrogen and oxygen atoms in total. The Hall–Kier alpha value is -2.95. The van der Waals surface area contributed by atoms with Crippen LogP contribution in [0.25, 0.3) is 0 Å². The van der Waals surface area contributed by atoms with Gasteiger partial charge in [0.25, 0.3) is 11.8 Å². The first-order valence-electron chi connectivity index (χ1n) is 10.1. The lowest BCUT2D eigenvalue weighted by molar-refractivity contribution is 0.0772. The normalized spacial score (nSPS) is 11.1. The fourth-order valence-electron chi connectivity index (χ4n) is 3.01. The fourth-order valence-corrected chi connectivity index (χ4v) is 4.22. The minimum Gasteiger partial charge on any atom is -0.495 e.